The van der Waals surface area contributed by atoms with E-state index in [0.29, 0.717) is 0 Å². The molecule has 4 heteroatoms. The van der Waals surface area contributed by atoms with Gasteiger partial charge in [-0.1, -0.05) is 0 Å². The molecule has 1 heterocycles. The molecular formula is C13H17IN2O. The second-order valence-corrected chi connectivity index (χ2v) is 6.05. The van der Waals surface area contributed by atoms with E-state index >= 15 is 0 Å². The van der Waals surface area contributed by atoms with E-state index in [1.807, 2.05) is 31.2 Å². The lowest BCUT2D eigenvalue weighted by Gasteiger charge is -2.32. The normalized spacial score (nSPS) is 24.4. The van der Waals surface area contributed by atoms with Crippen LogP contribution in [0, 0.1) is 8.99 Å². The number of hydrogen-bond donors (Lipinski definition) is 2. The lowest BCUT2D eigenvalue weighted by molar-refractivity contribution is -0.125. The summed E-state index contributed by atoms with van der Waals surface area (Å²) in [7, 11) is 0. The summed E-state index contributed by atoms with van der Waals surface area (Å²) in [5.41, 5.74) is 0.601. The van der Waals surface area contributed by atoms with Crippen LogP contribution in [0.3, 0.4) is 0 Å². The number of carbonyl (C=O) groups excluding carboxylic acids is 1. The zero-order valence-electron chi connectivity index (χ0n) is 9.92. The Morgan fingerprint density at radius 2 is 2.12 bits per heavy atom. The average molecular weight is 344 g/mol. The quantitative estimate of drug-likeness (QED) is 0.810. The van der Waals surface area contributed by atoms with Gasteiger partial charge in [-0.2, -0.15) is 0 Å². The van der Waals surface area contributed by atoms with Crippen LogP contribution in [0.2, 0.25) is 0 Å². The van der Waals surface area contributed by atoms with Crippen LogP contribution in [0.15, 0.2) is 24.3 Å². The van der Waals surface area contributed by atoms with Gasteiger partial charge in [-0.25, -0.2) is 0 Å². The number of halogens is 1. The van der Waals surface area contributed by atoms with Crippen molar-refractivity contribution in [1.82, 2.24) is 5.32 Å². The first-order chi connectivity index (χ1) is 8.10. The largest absolute Gasteiger partial charge is 0.326 e. The van der Waals surface area contributed by atoms with Gasteiger partial charge in [0.15, 0.2) is 0 Å². The third kappa shape index (κ3) is 3.19. The van der Waals surface area contributed by atoms with Gasteiger partial charge in [-0.15, -0.1) is 0 Å². The molecule has 1 atom stereocenters. The molecule has 17 heavy (non-hydrogen) atoms. The van der Waals surface area contributed by atoms with E-state index in [1.165, 1.54) is 3.57 Å². The van der Waals surface area contributed by atoms with Crippen LogP contribution in [0.25, 0.3) is 0 Å². The molecule has 1 aliphatic heterocycles. The van der Waals surface area contributed by atoms with Crippen molar-refractivity contribution in [1.29, 1.82) is 0 Å². The van der Waals surface area contributed by atoms with Crippen molar-refractivity contribution >= 4 is 34.2 Å². The number of rotatable bonds is 2. The van der Waals surface area contributed by atoms with Gasteiger partial charge in [0.2, 0.25) is 5.91 Å². The van der Waals surface area contributed by atoms with Gasteiger partial charge in [0.25, 0.3) is 0 Å². The van der Waals surface area contributed by atoms with Gasteiger partial charge in [0.1, 0.15) is 0 Å². The van der Waals surface area contributed by atoms with Crippen molar-refractivity contribution in [3.05, 3.63) is 27.8 Å². The second-order valence-electron chi connectivity index (χ2n) is 4.80. The monoisotopic (exact) mass is 344 g/mol. The number of nitrogens with one attached hydrogen (secondary N) is 2. The molecule has 2 rings (SSSR count). The van der Waals surface area contributed by atoms with Crippen LogP contribution in [-0.4, -0.2) is 19.0 Å². The van der Waals surface area contributed by atoms with E-state index in [4.69, 9.17) is 0 Å². The number of carbonyl (C=O) groups is 1. The molecular weight excluding hydrogens is 327 g/mol. The first-order valence-electron chi connectivity index (χ1n) is 5.88. The lowest BCUT2D eigenvalue weighted by atomic mass is 9.82. The zero-order chi connectivity index (χ0) is 12.3. The summed E-state index contributed by atoms with van der Waals surface area (Å²) in [6, 6.07) is 7.88. The molecule has 92 valence electrons. The Morgan fingerprint density at radius 1 is 1.41 bits per heavy atom. The highest BCUT2D eigenvalue weighted by Crippen LogP contribution is 2.27. The summed E-state index contributed by atoms with van der Waals surface area (Å²) in [5, 5.41) is 6.29. The van der Waals surface area contributed by atoms with Crippen molar-refractivity contribution in [3.63, 3.8) is 0 Å². The summed E-state index contributed by atoms with van der Waals surface area (Å²) in [6.07, 6.45) is 2.02. The molecule has 2 N–H and O–H groups in total. The number of piperidine rings is 1. The minimum atomic E-state index is -0.277. The number of amides is 1. The van der Waals surface area contributed by atoms with Crippen LogP contribution in [-0.2, 0) is 4.79 Å². The fraction of sp³-hybridized carbons (Fsp3) is 0.462. The summed E-state index contributed by atoms with van der Waals surface area (Å²) < 4.78 is 1.17. The highest BCUT2D eigenvalue weighted by atomic mass is 127. The van der Waals surface area contributed by atoms with Crippen LogP contribution in [0.4, 0.5) is 5.69 Å². The lowest BCUT2D eigenvalue weighted by Crippen LogP contribution is -2.46. The van der Waals surface area contributed by atoms with Crippen LogP contribution in [0.5, 0.6) is 0 Å². The Kier molecular flexibility index (Phi) is 4.04. The average Bonchev–Trinajstić information content (AvgIpc) is 2.33. The minimum absolute atomic E-state index is 0.117. The fourth-order valence-electron chi connectivity index (χ4n) is 2.07. The molecule has 1 unspecified atom stereocenters. The van der Waals surface area contributed by atoms with E-state index in [2.05, 4.69) is 33.2 Å². The maximum absolute atomic E-state index is 12.2. The van der Waals surface area contributed by atoms with Gasteiger partial charge in [0, 0.05) is 15.8 Å². The fourth-order valence-corrected chi connectivity index (χ4v) is 2.42. The Balaban J connectivity index is 2.03. The summed E-state index contributed by atoms with van der Waals surface area (Å²) in [6.45, 7) is 3.82. The molecule has 1 fully saturated rings. The SMILES string of the molecule is CC1(C(=O)Nc2ccc(I)cc2)CCCNC1. The van der Waals surface area contributed by atoms with E-state index in [1.54, 1.807) is 0 Å². The Bertz CT molecular complexity index is 396. The first-order valence-corrected chi connectivity index (χ1v) is 6.96. The van der Waals surface area contributed by atoms with Crippen molar-refractivity contribution in [2.24, 2.45) is 5.41 Å². The second kappa shape index (κ2) is 5.35. The summed E-state index contributed by atoms with van der Waals surface area (Å²) in [5.74, 6) is 0.117. The number of anilines is 1. The molecule has 0 bridgehead atoms. The summed E-state index contributed by atoms with van der Waals surface area (Å²) in [4.78, 5) is 12.2. The molecule has 0 spiro atoms. The minimum Gasteiger partial charge on any atom is -0.326 e. The smallest absolute Gasteiger partial charge is 0.231 e. The van der Waals surface area contributed by atoms with Crippen molar-refractivity contribution in [2.75, 3.05) is 18.4 Å². The molecule has 1 amide bonds. The van der Waals surface area contributed by atoms with Crippen LogP contribution >= 0.6 is 22.6 Å². The predicted octanol–water partition coefficient (Wildman–Crippen LogP) is 2.62. The van der Waals surface area contributed by atoms with Crippen molar-refractivity contribution < 1.29 is 4.79 Å². The summed E-state index contributed by atoms with van der Waals surface area (Å²) >= 11 is 2.25. The molecule has 1 aliphatic rings. The molecule has 1 saturated heterocycles. The Morgan fingerprint density at radius 3 is 2.71 bits per heavy atom. The molecule has 0 aromatic heterocycles. The molecule has 3 nitrogen and oxygen atoms in total. The maximum Gasteiger partial charge on any atom is 0.231 e. The van der Waals surface area contributed by atoms with Gasteiger partial charge in [0.05, 0.1) is 5.41 Å². The molecule has 1 aromatic rings. The van der Waals surface area contributed by atoms with Gasteiger partial charge in [-0.3, -0.25) is 4.79 Å². The molecule has 0 saturated carbocycles. The Labute approximate surface area is 116 Å². The number of benzene rings is 1. The van der Waals surface area contributed by atoms with Gasteiger partial charge in [-0.05, 0) is 73.2 Å². The molecule has 0 aliphatic carbocycles. The number of hydrogen-bond acceptors (Lipinski definition) is 2. The van der Waals surface area contributed by atoms with Crippen molar-refractivity contribution in [2.45, 2.75) is 19.8 Å². The van der Waals surface area contributed by atoms with E-state index in [-0.39, 0.29) is 11.3 Å². The zero-order valence-corrected chi connectivity index (χ0v) is 12.1. The van der Waals surface area contributed by atoms with Crippen molar-refractivity contribution in [3.8, 4) is 0 Å². The van der Waals surface area contributed by atoms with E-state index in [9.17, 15) is 4.79 Å². The van der Waals surface area contributed by atoms with Gasteiger partial charge < -0.3 is 10.6 Å². The van der Waals surface area contributed by atoms with E-state index < -0.39 is 0 Å². The molecule has 0 radical (unpaired) electrons. The maximum atomic E-state index is 12.2. The van der Waals surface area contributed by atoms with Crippen LogP contribution < -0.4 is 10.6 Å². The Hall–Kier alpha value is -0.620. The van der Waals surface area contributed by atoms with E-state index in [0.717, 1.165) is 31.6 Å². The third-order valence-corrected chi connectivity index (χ3v) is 3.97. The topological polar surface area (TPSA) is 41.1 Å². The van der Waals surface area contributed by atoms with Crippen LogP contribution in [0.1, 0.15) is 19.8 Å². The highest BCUT2D eigenvalue weighted by molar-refractivity contribution is 14.1. The standard InChI is InChI=1S/C13H17IN2O/c1-13(7-2-8-15-9-13)12(17)16-11-5-3-10(14)4-6-11/h3-6,15H,2,7-9H2,1H3,(H,16,17). The highest BCUT2D eigenvalue weighted by Gasteiger charge is 2.34. The predicted molar refractivity (Wildman–Crippen MR) is 78.0 cm³/mol. The third-order valence-electron chi connectivity index (χ3n) is 3.25. The van der Waals surface area contributed by atoms with Gasteiger partial charge >= 0.3 is 0 Å². The molecule has 1 aromatic carbocycles. The first kappa shape index (κ1) is 12.8.